The van der Waals surface area contributed by atoms with Crippen LogP contribution in [0.1, 0.15) is 17.2 Å². The zero-order chi connectivity index (χ0) is 10.8. The van der Waals surface area contributed by atoms with Crippen molar-refractivity contribution < 1.29 is 14.6 Å². The summed E-state index contributed by atoms with van der Waals surface area (Å²) in [7, 11) is 1.60. The van der Waals surface area contributed by atoms with Crippen molar-refractivity contribution in [2.75, 3.05) is 7.11 Å². The number of benzene rings is 1. The van der Waals surface area contributed by atoms with Gasteiger partial charge in [0, 0.05) is 13.5 Å². The first kappa shape index (κ1) is 9.98. The molecule has 0 saturated carbocycles. The lowest BCUT2D eigenvalue weighted by Crippen LogP contribution is -2.33. The number of carbonyl (C=O) groups is 1. The largest absolute Gasteiger partial charge is 0.465 e. The topological polar surface area (TPSA) is 58.6 Å². The van der Waals surface area contributed by atoms with Crippen molar-refractivity contribution in [3.63, 3.8) is 0 Å². The lowest BCUT2D eigenvalue weighted by molar-refractivity contribution is 0.0776. The molecule has 1 aromatic rings. The molecule has 0 saturated heterocycles. The summed E-state index contributed by atoms with van der Waals surface area (Å²) in [5, 5.41) is 11.2. The Balaban J connectivity index is 2.29. The van der Waals surface area contributed by atoms with Crippen LogP contribution in [0.25, 0.3) is 0 Å². The van der Waals surface area contributed by atoms with Gasteiger partial charge in [-0.05, 0) is 11.1 Å². The Kier molecular flexibility index (Phi) is 2.60. The van der Waals surface area contributed by atoms with Crippen LogP contribution >= 0.6 is 0 Å². The average Bonchev–Trinajstić information content (AvgIpc) is 2.56. The van der Waals surface area contributed by atoms with Crippen LogP contribution in [0.5, 0.6) is 0 Å². The van der Waals surface area contributed by atoms with Crippen LogP contribution in [0, 0.1) is 0 Å². The first-order valence-corrected chi connectivity index (χ1v) is 4.82. The van der Waals surface area contributed by atoms with Crippen LogP contribution in [0.4, 0.5) is 4.79 Å². The molecule has 0 radical (unpaired) electrons. The van der Waals surface area contributed by atoms with Gasteiger partial charge in [-0.25, -0.2) is 4.79 Å². The Labute approximate surface area is 87.9 Å². The predicted molar refractivity (Wildman–Crippen MR) is 54.8 cm³/mol. The van der Waals surface area contributed by atoms with E-state index in [9.17, 15) is 4.79 Å². The molecule has 1 aromatic carbocycles. The van der Waals surface area contributed by atoms with E-state index >= 15 is 0 Å². The zero-order valence-electron chi connectivity index (χ0n) is 8.43. The summed E-state index contributed by atoms with van der Waals surface area (Å²) >= 11 is 0. The molecule has 2 rings (SSSR count). The molecule has 0 fully saturated rings. The molecule has 1 aliphatic carbocycles. The van der Waals surface area contributed by atoms with Crippen LogP contribution < -0.4 is 5.32 Å². The van der Waals surface area contributed by atoms with Gasteiger partial charge in [0.15, 0.2) is 0 Å². The standard InChI is InChI=1S/C11H13NO3/c1-15-9-6-7-4-2-3-5-8(7)10(9)12-11(13)14/h2-5,9-10,12H,6H2,1H3,(H,13,14)/t9-,10+/m1/s1. The molecule has 4 nitrogen and oxygen atoms in total. The van der Waals surface area contributed by atoms with Gasteiger partial charge in [0.1, 0.15) is 0 Å². The number of methoxy groups -OCH3 is 1. The Morgan fingerprint density at radius 3 is 2.93 bits per heavy atom. The molecule has 0 spiro atoms. The van der Waals surface area contributed by atoms with Crippen molar-refractivity contribution in [2.45, 2.75) is 18.6 Å². The van der Waals surface area contributed by atoms with E-state index in [1.807, 2.05) is 24.3 Å². The fraction of sp³-hybridized carbons (Fsp3) is 0.364. The van der Waals surface area contributed by atoms with Gasteiger partial charge in [0.2, 0.25) is 0 Å². The third-order valence-corrected chi connectivity index (χ3v) is 2.76. The van der Waals surface area contributed by atoms with Crippen molar-refractivity contribution in [1.29, 1.82) is 0 Å². The first-order chi connectivity index (χ1) is 7.22. The molecule has 4 heteroatoms. The highest BCUT2D eigenvalue weighted by Crippen LogP contribution is 2.32. The Hall–Kier alpha value is -1.55. The summed E-state index contributed by atoms with van der Waals surface area (Å²) in [5.74, 6) is 0. The van der Waals surface area contributed by atoms with Crippen LogP contribution in [0.3, 0.4) is 0 Å². The number of ether oxygens (including phenoxy) is 1. The number of carboxylic acid groups (broad SMARTS) is 1. The van der Waals surface area contributed by atoms with Crippen molar-refractivity contribution in [1.82, 2.24) is 5.32 Å². The highest BCUT2D eigenvalue weighted by molar-refractivity contribution is 5.66. The normalized spacial score (nSPS) is 23.5. The Bertz CT molecular complexity index is 378. The van der Waals surface area contributed by atoms with Gasteiger partial charge in [-0.2, -0.15) is 0 Å². The third kappa shape index (κ3) is 1.80. The average molecular weight is 207 g/mol. The number of hydrogen-bond acceptors (Lipinski definition) is 2. The molecule has 1 amide bonds. The summed E-state index contributed by atoms with van der Waals surface area (Å²) in [4.78, 5) is 10.7. The molecule has 80 valence electrons. The van der Waals surface area contributed by atoms with E-state index in [1.165, 1.54) is 0 Å². The molecule has 0 aromatic heterocycles. The van der Waals surface area contributed by atoms with E-state index in [0.717, 1.165) is 17.5 Å². The zero-order valence-corrected chi connectivity index (χ0v) is 8.43. The van der Waals surface area contributed by atoms with E-state index in [4.69, 9.17) is 9.84 Å². The molecule has 0 unspecified atom stereocenters. The fourth-order valence-corrected chi connectivity index (χ4v) is 2.08. The second kappa shape index (κ2) is 3.90. The minimum absolute atomic E-state index is 0.0986. The molecule has 0 bridgehead atoms. The van der Waals surface area contributed by atoms with Gasteiger partial charge >= 0.3 is 6.09 Å². The fourth-order valence-electron chi connectivity index (χ4n) is 2.08. The van der Waals surface area contributed by atoms with Gasteiger partial charge in [-0.1, -0.05) is 24.3 Å². The molecule has 1 aliphatic rings. The van der Waals surface area contributed by atoms with Gasteiger partial charge in [-0.3, -0.25) is 0 Å². The summed E-state index contributed by atoms with van der Waals surface area (Å²) in [6.45, 7) is 0. The number of nitrogens with one attached hydrogen (secondary N) is 1. The minimum atomic E-state index is -1.02. The Morgan fingerprint density at radius 2 is 2.27 bits per heavy atom. The van der Waals surface area contributed by atoms with Crippen molar-refractivity contribution >= 4 is 6.09 Å². The van der Waals surface area contributed by atoms with E-state index in [2.05, 4.69) is 5.32 Å². The van der Waals surface area contributed by atoms with Gasteiger partial charge < -0.3 is 15.2 Å². The quantitative estimate of drug-likeness (QED) is 0.773. The molecule has 0 heterocycles. The van der Waals surface area contributed by atoms with E-state index in [0.29, 0.717) is 0 Å². The summed E-state index contributed by atoms with van der Waals surface area (Å²) < 4.78 is 5.28. The van der Waals surface area contributed by atoms with E-state index in [-0.39, 0.29) is 12.1 Å². The molecular weight excluding hydrogens is 194 g/mol. The minimum Gasteiger partial charge on any atom is -0.465 e. The van der Waals surface area contributed by atoms with E-state index in [1.54, 1.807) is 7.11 Å². The van der Waals surface area contributed by atoms with Crippen molar-refractivity contribution in [3.05, 3.63) is 35.4 Å². The molecule has 0 aliphatic heterocycles. The highest BCUT2D eigenvalue weighted by atomic mass is 16.5. The monoisotopic (exact) mass is 207 g/mol. The van der Waals surface area contributed by atoms with Crippen LogP contribution in [-0.4, -0.2) is 24.4 Å². The second-order valence-electron chi connectivity index (χ2n) is 3.60. The molecule has 2 N–H and O–H groups in total. The first-order valence-electron chi connectivity index (χ1n) is 4.82. The molecule has 15 heavy (non-hydrogen) atoms. The van der Waals surface area contributed by atoms with Gasteiger partial charge in [0.05, 0.1) is 12.1 Å². The Morgan fingerprint density at radius 1 is 1.53 bits per heavy atom. The summed E-state index contributed by atoms with van der Waals surface area (Å²) in [5.41, 5.74) is 2.18. The number of amides is 1. The van der Waals surface area contributed by atoms with Gasteiger partial charge in [0.25, 0.3) is 0 Å². The van der Waals surface area contributed by atoms with Gasteiger partial charge in [-0.15, -0.1) is 0 Å². The van der Waals surface area contributed by atoms with Crippen LogP contribution in [0.15, 0.2) is 24.3 Å². The van der Waals surface area contributed by atoms with E-state index < -0.39 is 6.09 Å². The number of hydrogen-bond donors (Lipinski definition) is 2. The number of rotatable bonds is 2. The van der Waals surface area contributed by atoms with Crippen molar-refractivity contribution in [2.24, 2.45) is 0 Å². The maximum Gasteiger partial charge on any atom is 0.405 e. The summed E-state index contributed by atoms with van der Waals surface area (Å²) in [6, 6.07) is 7.56. The summed E-state index contributed by atoms with van der Waals surface area (Å²) in [6.07, 6.45) is -0.352. The van der Waals surface area contributed by atoms with Crippen LogP contribution in [0.2, 0.25) is 0 Å². The lowest BCUT2D eigenvalue weighted by Gasteiger charge is -2.18. The molecular formula is C11H13NO3. The maximum atomic E-state index is 10.7. The number of fused-ring (bicyclic) bond motifs is 1. The SMILES string of the molecule is CO[C@@H]1Cc2ccccc2[C@@H]1NC(=O)O. The predicted octanol–water partition coefficient (Wildman–Crippen LogP) is 1.57. The van der Waals surface area contributed by atoms with Crippen molar-refractivity contribution in [3.8, 4) is 0 Å². The molecule has 2 atom stereocenters. The lowest BCUT2D eigenvalue weighted by atomic mass is 10.1. The second-order valence-corrected chi connectivity index (χ2v) is 3.60. The third-order valence-electron chi connectivity index (χ3n) is 2.76. The smallest absolute Gasteiger partial charge is 0.405 e. The van der Waals surface area contributed by atoms with Crippen LogP contribution in [-0.2, 0) is 11.2 Å². The highest BCUT2D eigenvalue weighted by Gasteiger charge is 2.33. The maximum absolute atomic E-state index is 10.7.